The van der Waals surface area contributed by atoms with Crippen LogP contribution in [-0.2, 0) is 0 Å². The van der Waals surface area contributed by atoms with Crippen molar-refractivity contribution >= 4 is 15.9 Å². The van der Waals surface area contributed by atoms with Gasteiger partial charge in [-0.25, -0.2) is 4.39 Å². The summed E-state index contributed by atoms with van der Waals surface area (Å²) in [5.74, 6) is 0.236. The third-order valence-corrected chi connectivity index (χ3v) is 4.61. The Labute approximate surface area is 120 Å². The highest BCUT2D eigenvalue weighted by Gasteiger charge is 2.44. The number of hydrogen-bond donors (Lipinski definition) is 1. The van der Waals surface area contributed by atoms with Crippen molar-refractivity contribution in [3.63, 3.8) is 0 Å². The number of halogens is 2. The summed E-state index contributed by atoms with van der Waals surface area (Å²) in [6.07, 6.45) is 0.337. The average molecular weight is 321 g/mol. The standard InChI is InChI=1S/C16H14BrFO/c17-15-11(7-4-8-14(15)18)16(19)13-9-12(13)10-5-2-1-3-6-10/h1-8,12-13,16,19H,9H2. The highest BCUT2D eigenvalue weighted by atomic mass is 79.9. The Hall–Kier alpha value is -1.19. The van der Waals surface area contributed by atoms with E-state index in [1.807, 2.05) is 18.2 Å². The molecule has 0 radical (unpaired) electrons. The second-order valence-corrected chi connectivity index (χ2v) is 5.80. The van der Waals surface area contributed by atoms with E-state index in [-0.39, 0.29) is 11.7 Å². The summed E-state index contributed by atoms with van der Waals surface area (Å²) < 4.78 is 13.9. The van der Waals surface area contributed by atoms with E-state index in [9.17, 15) is 9.50 Å². The van der Waals surface area contributed by atoms with Crippen LogP contribution in [0.25, 0.3) is 0 Å². The van der Waals surface area contributed by atoms with Gasteiger partial charge in [-0.15, -0.1) is 0 Å². The van der Waals surface area contributed by atoms with Crippen LogP contribution in [0.15, 0.2) is 53.0 Å². The summed E-state index contributed by atoms with van der Waals surface area (Å²) in [4.78, 5) is 0. The molecule has 0 bridgehead atoms. The molecule has 0 spiro atoms. The zero-order valence-corrected chi connectivity index (χ0v) is 11.8. The molecule has 0 amide bonds. The van der Waals surface area contributed by atoms with Crippen LogP contribution in [0.5, 0.6) is 0 Å². The minimum Gasteiger partial charge on any atom is -0.388 e. The van der Waals surface area contributed by atoms with E-state index in [4.69, 9.17) is 0 Å². The molecule has 0 heterocycles. The van der Waals surface area contributed by atoms with Gasteiger partial charge < -0.3 is 5.11 Å². The normalized spacial score (nSPS) is 23.1. The molecule has 98 valence electrons. The first kappa shape index (κ1) is 12.8. The molecule has 1 fully saturated rings. The molecule has 3 rings (SSSR count). The van der Waals surface area contributed by atoms with Crippen molar-refractivity contribution in [1.82, 2.24) is 0 Å². The highest BCUT2D eigenvalue weighted by molar-refractivity contribution is 9.10. The van der Waals surface area contributed by atoms with E-state index in [0.717, 1.165) is 6.42 Å². The van der Waals surface area contributed by atoms with Gasteiger partial charge in [-0.05, 0) is 51.4 Å². The van der Waals surface area contributed by atoms with Crippen molar-refractivity contribution in [2.75, 3.05) is 0 Å². The van der Waals surface area contributed by atoms with Crippen LogP contribution in [0.3, 0.4) is 0 Å². The lowest BCUT2D eigenvalue weighted by molar-refractivity contribution is 0.150. The van der Waals surface area contributed by atoms with Crippen LogP contribution < -0.4 is 0 Å². The topological polar surface area (TPSA) is 20.2 Å². The van der Waals surface area contributed by atoms with Crippen molar-refractivity contribution in [3.8, 4) is 0 Å². The van der Waals surface area contributed by atoms with Gasteiger partial charge in [-0.3, -0.25) is 0 Å². The molecule has 0 aliphatic heterocycles. The van der Waals surface area contributed by atoms with E-state index < -0.39 is 6.10 Å². The fraction of sp³-hybridized carbons (Fsp3) is 0.250. The van der Waals surface area contributed by atoms with Crippen molar-refractivity contribution in [2.24, 2.45) is 5.92 Å². The lowest BCUT2D eigenvalue weighted by Gasteiger charge is -2.13. The van der Waals surface area contributed by atoms with Crippen LogP contribution in [0.1, 0.15) is 29.6 Å². The number of benzene rings is 2. The van der Waals surface area contributed by atoms with E-state index in [1.165, 1.54) is 11.6 Å². The monoisotopic (exact) mass is 320 g/mol. The second kappa shape index (κ2) is 5.06. The lowest BCUT2D eigenvalue weighted by atomic mass is 10.0. The SMILES string of the molecule is OC(c1cccc(F)c1Br)C1CC1c1ccccc1. The fourth-order valence-corrected chi connectivity index (χ4v) is 3.13. The van der Waals surface area contributed by atoms with Crippen LogP contribution in [0.4, 0.5) is 4.39 Å². The molecule has 19 heavy (non-hydrogen) atoms. The predicted octanol–water partition coefficient (Wildman–Crippen LogP) is 4.43. The van der Waals surface area contributed by atoms with Gasteiger partial charge in [0.2, 0.25) is 0 Å². The Morgan fingerprint density at radius 3 is 2.58 bits per heavy atom. The van der Waals surface area contributed by atoms with E-state index in [0.29, 0.717) is 16.0 Å². The molecular weight excluding hydrogens is 307 g/mol. The molecule has 1 N–H and O–H groups in total. The summed E-state index contributed by atoms with van der Waals surface area (Å²) in [6, 6.07) is 15.0. The second-order valence-electron chi connectivity index (χ2n) is 5.00. The third kappa shape index (κ3) is 2.45. The van der Waals surface area contributed by atoms with Gasteiger partial charge in [0, 0.05) is 0 Å². The Morgan fingerprint density at radius 2 is 1.84 bits per heavy atom. The first-order valence-corrected chi connectivity index (χ1v) is 7.14. The Balaban J connectivity index is 1.80. The molecule has 0 aromatic heterocycles. The van der Waals surface area contributed by atoms with Gasteiger partial charge in [0.1, 0.15) is 5.82 Å². The Bertz CT molecular complexity index is 585. The van der Waals surface area contributed by atoms with Crippen molar-refractivity contribution in [2.45, 2.75) is 18.4 Å². The number of aliphatic hydroxyl groups excluding tert-OH is 1. The molecule has 1 saturated carbocycles. The van der Waals surface area contributed by atoms with Gasteiger partial charge >= 0.3 is 0 Å². The van der Waals surface area contributed by atoms with Crippen LogP contribution in [0.2, 0.25) is 0 Å². The van der Waals surface area contributed by atoms with Gasteiger partial charge in [-0.1, -0.05) is 42.5 Å². The number of rotatable bonds is 3. The average Bonchev–Trinajstić information content (AvgIpc) is 3.22. The van der Waals surface area contributed by atoms with Crippen LogP contribution in [-0.4, -0.2) is 5.11 Å². The van der Waals surface area contributed by atoms with E-state index >= 15 is 0 Å². The summed E-state index contributed by atoms with van der Waals surface area (Å²) in [6.45, 7) is 0. The van der Waals surface area contributed by atoms with Crippen LogP contribution in [0, 0.1) is 11.7 Å². The summed E-state index contributed by atoms with van der Waals surface area (Å²) in [7, 11) is 0. The number of aliphatic hydroxyl groups is 1. The lowest BCUT2D eigenvalue weighted by Crippen LogP contribution is -2.03. The summed E-state index contributed by atoms with van der Waals surface area (Å²) in [5, 5.41) is 10.4. The minimum atomic E-state index is -0.615. The maximum absolute atomic E-state index is 13.5. The largest absolute Gasteiger partial charge is 0.388 e. The predicted molar refractivity (Wildman–Crippen MR) is 76.3 cm³/mol. The highest BCUT2D eigenvalue weighted by Crippen LogP contribution is 2.54. The molecule has 0 saturated heterocycles. The number of hydrogen-bond acceptors (Lipinski definition) is 1. The van der Waals surface area contributed by atoms with Crippen LogP contribution >= 0.6 is 15.9 Å². The molecule has 3 unspecified atom stereocenters. The molecule has 2 aromatic carbocycles. The Kier molecular flexibility index (Phi) is 3.42. The molecule has 1 aliphatic rings. The molecular formula is C16H14BrFO. The maximum atomic E-state index is 13.5. The first-order chi connectivity index (χ1) is 9.18. The van der Waals surface area contributed by atoms with E-state index in [1.54, 1.807) is 12.1 Å². The van der Waals surface area contributed by atoms with Gasteiger partial charge in [0.25, 0.3) is 0 Å². The minimum absolute atomic E-state index is 0.181. The molecule has 1 aliphatic carbocycles. The van der Waals surface area contributed by atoms with Crippen molar-refractivity contribution in [1.29, 1.82) is 0 Å². The maximum Gasteiger partial charge on any atom is 0.137 e. The summed E-state index contributed by atoms with van der Waals surface area (Å²) >= 11 is 3.22. The zero-order chi connectivity index (χ0) is 13.4. The summed E-state index contributed by atoms with van der Waals surface area (Å²) in [5.41, 5.74) is 1.89. The molecule has 3 atom stereocenters. The smallest absolute Gasteiger partial charge is 0.137 e. The molecule has 3 heteroatoms. The van der Waals surface area contributed by atoms with Crippen molar-refractivity contribution in [3.05, 3.63) is 69.9 Å². The fourth-order valence-electron chi connectivity index (χ4n) is 2.63. The molecule has 2 aromatic rings. The van der Waals surface area contributed by atoms with Gasteiger partial charge in [0.05, 0.1) is 10.6 Å². The first-order valence-electron chi connectivity index (χ1n) is 6.35. The third-order valence-electron chi connectivity index (χ3n) is 3.77. The zero-order valence-electron chi connectivity index (χ0n) is 10.3. The van der Waals surface area contributed by atoms with Crippen molar-refractivity contribution < 1.29 is 9.50 Å². The van der Waals surface area contributed by atoms with Gasteiger partial charge in [0.15, 0.2) is 0 Å². The molecule has 1 nitrogen and oxygen atoms in total. The Morgan fingerprint density at radius 1 is 1.11 bits per heavy atom. The van der Waals surface area contributed by atoms with Gasteiger partial charge in [-0.2, -0.15) is 0 Å². The quantitative estimate of drug-likeness (QED) is 0.887. The van der Waals surface area contributed by atoms with E-state index in [2.05, 4.69) is 28.1 Å².